The molecule has 0 aliphatic rings. The smallest absolute Gasteiger partial charge is 0.435 e. The summed E-state index contributed by atoms with van der Waals surface area (Å²) in [7, 11) is 1.42. The number of anilines is 1. The number of amides is 1. The normalized spacial score (nSPS) is 11.5. The lowest BCUT2D eigenvalue weighted by atomic mass is 10.1. The van der Waals surface area contributed by atoms with Crippen LogP contribution in [0.1, 0.15) is 21.7 Å². The molecule has 0 bridgehead atoms. The van der Waals surface area contributed by atoms with E-state index in [1.807, 2.05) is 0 Å². The van der Waals surface area contributed by atoms with Crippen LogP contribution in [-0.2, 0) is 6.18 Å². The number of ether oxygens (including phenoxy) is 1. The minimum absolute atomic E-state index is 0.0849. The van der Waals surface area contributed by atoms with Gasteiger partial charge in [-0.2, -0.15) is 22.8 Å². The van der Waals surface area contributed by atoms with E-state index in [4.69, 9.17) is 4.74 Å². The number of hydrogen-bond donors (Lipinski definition) is 2. The van der Waals surface area contributed by atoms with E-state index in [-0.39, 0.29) is 33.7 Å². The van der Waals surface area contributed by atoms with Crippen LogP contribution in [0, 0.1) is 6.92 Å². The molecule has 11 heteroatoms. The van der Waals surface area contributed by atoms with Gasteiger partial charge in [0.2, 0.25) is 0 Å². The number of methoxy groups -OCH3 is 1. The maximum absolute atomic E-state index is 13.7. The van der Waals surface area contributed by atoms with E-state index in [9.17, 15) is 22.8 Å². The number of aromatic nitrogens is 4. The predicted molar refractivity (Wildman–Crippen MR) is 110 cm³/mol. The van der Waals surface area contributed by atoms with Crippen molar-refractivity contribution in [3.63, 3.8) is 0 Å². The first-order valence-electron chi connectivity index (χ1n) is 9.29. The molecule has 0 aliphatic heterocycles. The molecule has 2 N–H and O–H groups in total. The summed E-state index contributed by atoms with van der Waals surface area (Å²) in [6.07, 6.45) is -2.06. The van der Waals surface area contributed by atoms with Gasteiger partial charge >= 0.3 is 6.18 Å². The summed E-state index contributed by atoms with van der Waals surface area (Å²) in [5, 5.41) is 6.01. The van der Waals surface area contributed by atoms with E-state index in [1.165, 1.54) is 44.6 Å². The van der Waals surface area contributed by atoms with Crippen LogP contribution in [0.5, 0.6) is 5.75 Å². The summed E-state index contributed by atoms with van der Waals surface area (Å²) >= 11 is 0. The van der Waals surface area contributed by atoms with Gasteiger partial charge in [-0.15, -0.1) is 0 Å². The number of halogens is 3. The fourth-order valence-electron chi connectivity index (χ4n) is 3.32. The molecule has 3 heterocycles. The fraction of sp³-hybridized carbons (Fsp3) is 0.143. The Balaban J connectivity index is 1.88. The highest BCUT2D eigenvalue weighted by molar-refractivity contribution is 6.05. The Labute approximate surface area is 178 Å². The second kappa shape index (κ2) is 7.84. The first-order valence-corrected chi connectivity index (χ1v) is 9.29. The van der Waals surface area contributed by atoms with Gasteiger partial charge in [0, 0.05) is 11.8 Å². The van der Waals surface area contributed by atoms with Crippen molar-refractivity contribution < 1.29 is 22.7 Å². The number of H-pyrrole nitrogens is 1. The van der Waals surface area contributed by atoms with Gasteiger partial charge < -0.3 is 15.0 Å². The highest BCUT2D eigenvalue weighted by atomic mass is 19.4. The maximum atomic E-state index is 13.7. The topological polar surface area (TPSA) is 101 Å². The zero-order valence-electron chi connectivity index (χ0n) is 16.8. The van der Waals surface area contributed by atoms with Gasteiger partial charge in [-0.25, -0.2) is 0 Å². The molecule has 32 heavy (non-hydrogen) atoms. The van der Waals surface area contributed by atoms with Crippen LogP contribution < -0.4 is 15.6 Å². The monoisotopic (exact) mass is 443 g/mol. The van der Waals surface area contributed by atoms with Crippen LogP contribution in [0.2, 0.25) is 0 Å². The zero-order chi connectivity index (χ0) is 23.0. The number of carbonyl (C=O) groups is 1. The van der Waals surface area contributed by atoms with Crippen molar-refractivity contribution in [2.45, 2.75) is 13.1 Å². The summed E-state index contributed by atoms with van der Waals surface area (Å²) in [6.45, 7) is 1.43. The van der Waals surface area contributed by atoms with Gasteiger partial charge in [0.1, 0.15) is 17.0 Å². The van der Waals surface area contributed by atoms with E-state index < -0.39 is 23.3 Å². The second-order valence-corrected chi connectivity index (χ2v) is 6.85. The van der Waals surface area contributed by atoms with E-state index >= 15 is 0 Å². The zero-order valence-corrected chi connectivity index (χ0v) is 16.8. The average Bonchev–Trinajstić information content (AvgIpc) is 3.14. The molecule has 0 aliphatic carbocycles. The Morgan fingerprint density at radius 3 is 2.56 bits per heavy atom. The van der Waals surface area contributed by atoms with Crippen molar-refractivity contribution in [3.05, 3.63) is 76.1 Å². The molecular weight excluding hydrogens is 427 g/mol. The van der Waals surface area contributed by atoms with Gasteiger partial charge in [-0.1, -0.05) is 30.3 Å². The molecule has 0 spiro atoms. The first kappa shape index (κ1) is 21.1. The molecule has 4 rings (SSSR count). The number of pyridine rings is 1. The quantitative estimate of drug-likeness (QED) is 0.501. The largest absolute Gasteiger partial charge is 0.495 e. The summed E-state index contributed by atoms with van der Waals surface area (Å²) in [4.78, 5) is 32.5. The lowest BCUT2D eigenvalue weighted by molar-refractivity contribution is -0.140. The van der Waals surface area contributed by atoms with Crippen molar-refractivity contribution in [2.75, 3.05) is 12.4 Å². The van der Waals surface area contributed by atoms with Crippen LogP contribution >= 0.6 is 0 Å². The van der Waals surface area contributed by atoms with Crippen LogP contribution in [0.15, 0.2) is 53.6 Å². The Morgan fingerprint density at radius 1 is 1.19 bits per heavy atom. The van der Waals surface area contributed by atoms with Crippen molar-refractivity contribution in [1.82, 2.24) is 19.6 Å². The third-order valence-corrected chi connectivity index (χ3v) is 4.74. The van der Waals surface area contributed by atoms with Gasteiger partial charge in [-0.05, 0) is 12.5 Å². The number of alkyl halides is 3. The molecular formula is C21H16F3N5O3. The Hall–Kier alpha value is -4.15. The number of nitrogens with one attached hydrogen (secondary N) is 2. The van der Waals surface area contributed by atoms with Gasteiger partial charge in [-0.3, -0.25) is 14.6 Å². The first-order chi connectivity index (χ1) is 15.2. The fourth-order valence-corrected chi connectivity index (χ4v) is 3.32. The van der Waals surface area contributed by atoms with Crippen molar-refractivity contribution >= 4 is 17.2 Å². The van der Waals surface area contributed by atoms with Gasteiger partial charge in [0.15, 0.2) is 5.69 Å². The van der Waals surface area contributed by atoms with E-state index in [1.54, 1.807) is 18.2 Å². The minimum atomic E-state index is -4.82. The second-order valence-electron chi connectivity index (χ2n) is 6.85. The van der Waals surface area contributed by atoms with Gasteiger partial charge in [0.05, 0.1) is 30.8 Å². The maximum Gasteiger partial charge on any atom is 0.435 e. The SMILES string of the molecule is COc1cncc(NC(=O)c2c(C)[nH]c3c(-c4ccccc4)c(C(F)(F)F)nn3c2=O)c1. The predicted octanol–water partition coefficient (Wildman–Crippen LogP) is 3.67. The molecule has 0 saturated carbocycles. The average molecular weight is 443 g/mol. The van der Waals surface area contributed by atoms with Crippen LogP contribution in [-0.4, -0.2) is 32.6 Å². The molecule has 1 amide bonds. The number of fused-ring (bicyclic) bond motifs is 1. The minimum Gasteiger partial charge on any atom is -0.495 e. The summed E-state index contributed by atoms with van der Waals surface area (Å²) in [5.41, 5.74) is -2.48. The third-order valence-electron chi connectivity index (χ3n) is 4.74. The van der Waals surface area contributed by atoms with E-state index in [0.717, 1.165) is 0 Å². The number of nitrogens with zero attached hydrogens (tertiary/aromatic N) is 3. The van der Waals surface area contributed by atoms with Crippen molar-refractivity contribution in [3.8, 4) is 16.9 Å². The molecule has 0 fully saturated rings. The molecule has 164 valence electrons. The summed E-state index contributed by atoms with van der Waals surface area (Å²) < 4.78 is 46.8. The number of rotatable bonds is 4. The molecule has 4 aromatic rings. The molecule has 0 unspecified atom stereocenters. The number of hydrogen-bond acceptors (Lipinski definition) is 5. The highest BCUT2D eigenvalue weighted by Crippen LogP contribution is 2.38. The molecule has 3 aromatic heterocycles. The standard InChI is InChI=1S/C21H16F3N5O3/c1-11-15(19(30)27-13-8-14(32-2)10-25-9-13)20(31)29-18(26-11)16(12-6-4-3-5-7-12)17(28-29)21(22,23)24/h3-10,26H,1-2H3,(H,27,30). The lowest BCUT2D eigenvalue weighted by Crippen LogP contribution is -2.29. The Morgan fingerprint density at radius 2 is 1.91 bits per heavy atom. The highest BCUT2D eigenvalue weighted by Gasteiger charge is 2.39. The van der Waals surface area contributed by atoms with Crippen LogP contribution in [0.3, 0.4) is 0 Å². The molecule has 0 saturated heterocycles. The Kier molecular flexibility index (Phi) is 5.17. The third kappa shape index (κ3) is 3.68. The van der Waals surface area contributed by atoms with E-state index in [0.29, 0.717) is 10.3 Å². The van der Waals surface area contributed by atoms with Crippen LogP contribution in [0.4, 0.5) is 18.9 Å². The van der Waals surface area contributed by atoms with Crippen molar-refractivity contribution in [2.24, 2.45) is 0 Å². The molecule has 0 atom stereocenters. The number of aryl methyl sites for hydroxylation is 1. The van der Waals surface area contributed by atoms with E-state index in [2.05, 4.69) is 20.4 Å². The van der Waals surface area contributed by atoms with Gasteiger partial charge in [0.25, 0.3) is 11.5 Å². The number of benzene rings is 1. The number of carbonyl (C=O) groups excluding carboxylic acids is 1. The summed E-state index contributed by atoms with van der Waals surface area (Å²) in [5.74, 6) is -0.454. The van der Waals surface area contributed by atoms with Crippen LogP contribution in [0.25, 0.3) is 16.8 Å². The summed E-state index contributed by atoms with van der Waals surface area (Å²) in [6, 6.07) is 9.26. The Bertz CT molecular complexity index is 1380. The molecule has 8 nitrogen and oxygen atoms in total. The molecule has 0 radical (unpaired) electrons. The number of aromatic amines is 1. The lowest BCUT2D eigenvalue weighted by Gasteiger charge is -2.09. The van der Waals surface area contributed by atoms with Crippen molar-refractivity contribution in [1.29, 1.82) is 0 Å². The molecule has 1 aromatic carbocycles.